The van der Waals surface area contributed by atoms with Gasteiger partial charge in [-0.15, -0.1) is 0 Å². The average molecular weight is 316 g/mol. The summed E-state index contributed by atoms with van der Waals surface area (Å²) in [4.78, 5) is 0. The summed E-state index contributed by atoms with van der Waals surface area (Å²) in [5, 5.41) is 3.31. The van der Waals surface area contributed by atoms with Crippen molar-refractivity contribution in [2.45, 2.75) is 32.8 Å². The fourth-order valence-corrected chi connectivity index (χ4v) is 2.12. The Bertz CT molecular complexity index is 358. The number of nitrogens with one attached hydrogen (secondary N) is 1. The lowest BCUT2D eigenvalue weighted by Gasteiger charge is -2.16. The molecule has 0 aromatic heterocycles. The molecule has 18 heavy (non-hydrogen) atoms. The van der Waals surface area contributed by atoms with Gasteiger partial charge in [0.1, 0.15) is 11.5 Å². The zero-order valence-corrected chi connectivity index (χ0v) is 12.9. The standard InChI is InChI=1S/C14H22BrNO2/c1-4-16-9-5-6-11(2)18-14-8-7-12(17-3)10-13(14)15/h7-8,10-11,16H,4-6,9H2,1-3H3. The van der Waals surface area contributed by atoms with Crippen LogP contribution in [0.15, 0.2) is 22.7 Å². The van der Waals surface area contributed by atoms with Crippen molar-refractivity contribution in [3.8, 4) is 11.5 Å². The highest BCUT2D eigenvalue weighted by Gasteiger charge is 2.08. The van der Waals surface area contributed by atoms with Crippen molar-refractivity contribution in [2.75, 3.05) is 20.2 Å². The van der Waals surface area contributed by atoms with E-state index < -0.39 is 0 Å². The molecule has 3 nitrogen and oxygen atoms in total. The van der Waals surface area contributed by atoms with Crippen molar-refractivity contribution in [1.82, 2.24) is 5.32 Å². The third-order valence-corrected chi connectivity index (χ3v) is 3.30. The van der Waals surface area contributed by atoms with E-state index in [4.69, 9.17) is 9.47 Å². The second-order valence-electron chi connectivity index (χ2n) is 4.22. The third-order valence-electron chi connectivity index (χ3n) is 2.68. The minimum Gasteiger partial charge on any atom is -0.497 e. The van der Waals surface area contributed by atoms with E-state index in [1.807, 2.05) is 18.2 Å². The van der Waals surface area contributed by atoms with Crippen molar-refractivity contribution >= 4 is 15.9 Å². The molecule has 0 saturated heterocycles. The molecule has 0 spiro atoms. The van der Waals surface area contributed by atoms with Crippen LogP contribution in [0, 0.1) is 0 Å². The first-order valence-electron chi connectivity index (χ1n) is 6.38. The van der Waals surface area contributed by atoms with Crippen LogP contribution in [0.4, 0.5) is 0 Å². The van der Waals surface area contributed by atoms with E-state index >= 15 is 0 Å². The van der Waals surface area contributed by atoms with Gasteiger partial charge in [-0.3, -0.25) is 0 Å². The Hall–Kier alpha value is -0.740. The molecule has 0 saturated carbocycles. The quantitative estimate of drug-likeness (QED) is 0.743. The molecule has 0 radical (unpaired) electrons. The summed E-state index contributed by atoms with van der Waals surface area (Å²) in [6.45, 7) is 6.30. The Morgan fingerprint density at radius 3 is 2.78 bits per heavy atom. The summed E-state index contributed by atoms with van der Waals surface area (Å²) in [6, 6.07) is 5.76. The smallest absolute Gasteiger partial charge is 0.134 e. The van der Waals surface area contributed by atoms with Crippen molar-refractivity contribution in [1.29, 1.82) is 0 Å². The molecular formula is C14H22BrNO2. The second kappa shape index (κ2) is 8.38. The van der Waals surface area contributed by atoms with Gasteiger partial charge in [0.2, 0.25) is 0 Å². The molecule has 0 aliphatic carbocycles. The molecule has 4 heteroatoms. The summed E-state index contributed by atoms with van der Waals surface area (Å²) in [7, 11) is 1.66. The maximum absolute atomic E-state index is 5.89. The molecule has 0 aliphatic heterocycles. The van der Waals surface area contributed by atoms with Crippen molar-refractivity contribution in [3.63, 3.8) is 0 Å². The van der Waals surface area contributed by atoms with Gasteiger partial charge in [-0.25, -0.2) is 0 Å². The summed E-state index contributed by atoms with van der Waals surface area (Å²) in [6.07, 6.45) is 2.39. The Labute approximate surface area is 118 Å². The fourth-order valence-electron chi connectivity index (χ4n) is 1.67. The number of halogens is 1. The summed E-state index contributed by atoms with van der Waals surface area (Å²) >= 11 is 3.49. The van der Waals surface area contributed by atoms with E-state index in [1.165, 1.54) is 0 Å². The van der Waals surface area contributed by atoms with Gasteiger partial charge in [0.05, 0.1) is 17.7 Å². The SMILES string of the molecule is CCNCCCC(C)Oc1ccc(OC)cc1Br. The zero-order valence-electron chi connectivity index (χ0n) is 11.3. The zero-order chi connectivity index (χ0) is 13.4. The molecule has 1 rings (SSSR count). The summed E-state index contributed by atoms with van der Waals surface area (Å²) < 4.78 is 12.0. The van der Waals surface area contributed by atoms with E-state index in [9.17, 15) is 0 Å². The number of ether oxygens (including phenoxy) is 2. The number of hydrogen-bond acceptors (Lipinski definition) is 3. The largest absolute Gasteiger partial charge is 0.497 e. The van der Waals surface area contributed by atoms with Crippen LogP contribution in [0.5, 0.6) is 11.5 Å². The molecule has 0 heterocycles. The van der Waals surface area contributed by atoms with Crippen LogP contribution in [0.1, 0.15) is 26.7 Å². The van der Waals surface area contributed by atoms with Gasteiger partial charge in [0.15, 0.2) is 0 Å². The first-order valence-corrected chi connectivity index (χ1v) is 7.17. The molecule has 0 fully saturated rings. The van der Waals surface area contributed by atoms with Gasteiger partial charge < -0.3 is 14.8 Å². The van der Waals surface area contributed by atoms with Crippen LogP contribution < -0.4 is 14.8 Å². The fraction of sp³-hybridized carbons (Fsp3) is 0.571. The minimum absolute atomic E-state index is 0.216. The summed E-state index contributed by atoms with van der Waals surface area (Å²) in [5.41, 5.74) is 0. The molecule has 1 atom stereocenters. The first kappa shape index (κ1) is 15.3. The van der Waals surface area contributed by atoms with Crippen molar-refractivity contribution in [3.05, 3.63) is 22.7 Å². The Kier molecular flexibility index (Phi) is 7.13. The van der Waals surface area contributed by atoms with Gasteiger partial charge in [0.25, 0.3) is 0 Å². The molecule has 0 bridgehead atoms. The van der Waals surface area contributed by atoms with Crippen molar-refractivity contribution in [2.24, 2.45) is 0 Å². The average Bonchev–Trinajstić information content (AvgIpc) is 2.37. The molecule has 0 aliphatic rings. The number of methoxy groups -OCH3 is 1. The van der Waals surface area contributed by atoms with Crippen LogP contribution in [0.2, 0.25) is 0 Å². The van der Waals surface area contributed by atoms with E-state index in [1.54, 1.807) is 7.11 Å². The van der Waals surface area contributed by atoms with Gasteiger partial charge in [-0.2, -0.15) is 0 Å². The van der Waals surface area contributed by atoms with Gasteiger partial charge in [-0.05, 0) is 67.0 Å². The van der Waals surface area contributed by atoms with Gasteiger partial charge in [0, 0.05) is 0 Å². The van der Waals surface area contributed by atoms with E-state index in [2.05, 4.69) is 35.1 Å². The number of hydrogen-bond donors (Lipinski definition) is 1. The Balaban J connectivity index is 2.41. The molecular weight excluding hydrogens is 294 g/mol. The molecule has 102 valence electrons. The monoisotopic (exact) mass is 315 g/mol. The normalized spacial score (nSPS) is 12.2. The molecule has 1 aromatic rings. The predicted octanol–water partition coefficient (Wildman–Crippen LogP) is 3.61. The van der Waals surface area contributed by atoms with Crippen LogP contribution in [-0.4, -0.2) is 26.3 Å². The number of rotatable bonds is 8. The van der Waals surface area contributed by atoms with Gasteiger partial charge in [-0.1, -0.05) is 6.92 Å². The van der Waals surface area contributed by atoms with E-state index in [0.717, 1.165) is 41.9 Å². The lowest BCUT2D eigenvalue weighted by Crippen LogP contribution is -2.18. The van der Waals surface area contributed by atoms with Crippen LogP contribution in [-0.2, 0) is 0 Å². The number of benzene rings is 1. The lowest BCUT2D eigenvalue weighted by atomic mass is 10.2. The molecule has 1 aromatic carbocycles. The van der Waals surface area contributed by atoms with Crippen LogP contribution >= 0.6 is 15.9 Å². The molecule has 1 N–H and O–H groups in total. The summed E-state index contributed by atoms with van der Waals surface area (Å²) in [5.74, 6) is 1.70. The Morgan fingerprint density at radius 2 is 2.17 bits per heavy atom. The van der Waals surface area contributed by atoms with Crippen LogP contribution in [0.3, 0.4) is 0 Å². The molecule has 1 unspecified atom stereocenters. The highest BCUT2D eigenvalue weighted by Crippen LogP contribution is 2.30. The van der Waals surface area contributed by atoms with Gasteiger partial charge >= 0.3 is 0 Å². The van der Waals surface area contributed by atoms with Crippen molar-refractivity contribution < 1.29 is 9.47 Å². The highest BCUT2D eigenvalue weighted by atomic mass is 79.9. The molecule has 0 amide bonds. The minimum atomic E-state index is 0.216. The second-order valence-corrected chi connectivity index (χ2v) is 5.07. The first-order chi connectivity index (χ1) is 8.67. The topological polar surface area (TPSA) is 30.5 Å². The van der Waals surface area contributed by atoms with E-state index in [-0.39, 0.29) is 6.10 Å². The third kappa shape index (κ3) is 5.27. The lowest BCUT2D eigenvalue weighted by molar-refractivity contribution is 0.206. The maximum atomic E-state index is 5.89. The predicted molar refractivity (Wildman–Crippen MR) is 78.6 cm³/mol. The van der Waals surface area contributed by atoms with Crippen LogP contribution in [0.25, 0.3) is 0 Å². The maximum Gasteiger partial charge on any atom is 0.134 e. The highest BCUT2D eigenvalue weighted by molar-refractivity contribution is 9.10. The Morgan fingerprint density at radius 1 is 1.39 bits per heavy atom. The van der Waals surface area contributed by atoms with E-state index in [0.29, 0.717) is 0 Å².